The van der Waals surface area contributed by atoms with E-state index >= 15 is 0 Å². The molecule has 0 aromatic rings. The van der Waals surface area contributed by atoms with Gasteiger partial charge in [0.2, 0.25) is 5.91 Å². The van der Waals surface area contributed by atoms with Crippen molar-refractivity contribution in [2.75, 3.05) is 40.9 Å². The van der Waals surface area contributed by atoms with E-state index < -0.39 is 26.6 Å². The zero-order chi connectivity index (χ0) is 60.7. The standard InChI is InChI=1S/C73H123N2O7P/c1-7-10-13-16-19-22-25-27-29-31-33-35-36-37-38-40-41-43-45-47-50-53-56-59-62-65-72(76)74-70(69-81-83(78,79)80-68-67-75(4,5)6)71(64-61-58-55-52-49-24-21-18-15-12-9-3)82-73(77)66-63-60-57-54-51-48-46-44-42-39-34-32-30-28-26-23-20-17-14-11-8-2/h10-11,13-14,19-20,22-23,27-30,33-35,37-39,41,43-44,46,61,64,70-71H,7-9,12,15-18,21,24-26,31-32,36,40,42,45,47-60,62-63,65-69H2,1-6H3,(H-,74,76,78,79)/b13-10-,14-11-,22-19-,23-20-,29-27-,30-28-,35-33-,38-37-,39-34-,43-41-,46-44-,64-61-. The van der Waals surface area contributed by atoms with Crippen LogP contribution in [0.4, 0.5) is 0 Å². The van der Waals surface area contributed by atoms with Crippen LogP contribution in [0.1, 0.15) is 252 Å². The van der Waals surface area contributed by atoms with Crippen molar-refractivity contribution in [2.45, 2.75) is 264 Å². The molecule has 0 fully saturated rings. The van der Waals surface area contributed by atoms with Crippen LogP contribution in [0.5, 0.6) is 0 Å². The van der Waals surface area contributed by atoms with Crippen molar-refractivity contribution in [1.29, 1.82) is 0 Å². The predicted octanol–water partition coefficient (Wildman–Crippen LogP) is 20.4. The second-order valence-electron chi connectivity index (χ2n) is 22.9. The van der Waals surface area contributed by atoms with E-state index in [1.807, 2.05) is 33.3 Å². The van der Waals surface area contributed by atoms with Crippen LogP contribution in [-0.4, -0.2) is 69.4 Å². The van der Waals surface area contributed by atoms with Crippen molar-refractivity contribution in [3.05, 3.63) is 146 Å². The minimum absolute atomic E-state index is 0.0375. The Morgan fingerprint density at radius 3 is 1.16 bits per heavy atom. The molecule has 0 aliphatic heterocycles. The fourth-order valence-corrected chi connectivity index (χ4v) is 9.45. The van der Waals surface area contributed by atoms with E-state index in [1.54, 1.807) is 0 Å². The third kappa shape index (κ3) is 62.2. The molecule has 9 nitrogen and oxygen atoms in total. The normalized spacial score (nSPS) is 14.5. The number of nitrogens with one attached hydrogen (secondary N) is 1. The van der Waals surface area contributed by atoms with Gasteiger partial charge in [0.05, 0.1) is 33.8 Å². The lowest BCUT2D eigenvalue weighted by Gasteiger charge is -2.30. The number of amides is 1. The maximum Gasteiger partial charge on any atom is 0.306 e. The number of unbranched alkanes of at least 4 members (excludes halogenated alkanes) is 20. The van der Waals surface area contributed by atoms with Gasteiger partial charge in [0.15, 0.2) is 0 Å². The summed E-state index contributed by atoms with van der Waals surface area (Å²) in [5, 5.41) is 3.02. The molecule has 0 aliphatic carbocycles. The highest BCUT2D eigenvalue weighted by molar-refractivity contribution is 7.45. The van der Waals surface area contributed by atoms with Crippen molar-refractivity contribution < 1.29 is 37.3 Å². The molecule has 0 aromatic heterocycles. The zero-order valence-corrected chi connectivity index (χ0v) is 54.7. The Hall–Kier alpha value is -4.11. The van der Waals surface area contributed by atoms with Crippen molar-refractivity contribution >= 4 is 19.7 Å². The number of nitrogens with zero attached hydrogens (tertiary/aromatic N) is 1. The Balaban J connectivity index is 5.21. The Kier molecular flexibility index (Phi) is 58.0. The van der Waals surface area contributed by atoms with Gasteiger partial charge in [0.1, 0.15) is 19.3 Å². The second kappa shape index (κ2) is 61.0. The molecule has 0 radical (unpaired) electrons. The van der Waals surface area contributed by atoms with Gasteiger partial charge >= 0.3 is 5.97 Å². The van der Waals surface area contributed by atoms with E-state index in [4.69, 9.17) is 13.8 Å². The summed E-state index contributed by atoms with van der Waals surface area (Å²) in [6, 6.07) is -0.917. The second-order valence-corrected chi connectivity index (χ2v) is 24.3. The first-order chi connectivity index (χ1) is 40.4. The van der Waals surface area contributed by atoms with Gasteiger partial charge in [-0.1, -0.05) is 257 Å². The quantitative estimate of drug-likeness (QED) is 0.0212. The van der Waals surface area contributed by atoms with E-state index in [2.05, 4.69) is 160 Å². The molecule has 3 unspecified atom stereocenters. The number of esters is 1. The molecule has 0 saturated heterocycles. The monoisotopic (exact) mass is 1170 g/mol. The minimum atomic E-state index is -4.72. The fraction of sp³-hybridized carbons (Fsp3) is 0.644. The van der Waals surface area contributed by atoms with Crippen LogP contribution < -0.4 is 10.2 Å². The molecular weight excluding hydrogens is 1050 g/mol. The van der Waals surface area contributed by atoms with Gasteiger partial charge < -0.3 is 28.5 Å². The van der Waals surface area contributed by atoms with E-state index in [9.17, 15) is 19.0 Å². The van der Waals surface area contributed by atoms with Crippen molar-refractivity contribution in [3.63, 3.8) is 0 Å². The topological polar surface area (TPSA) is 114 Å². The van der Waals surface area contributed by atoms with E-state index in [1.165, 1.54) is 44.9 Å². The number of phosphoric ester groups is 1. The number of phosphoric acid groups is 1. The molecule has 1 amide bonds. The van der Waals surface area contributed by atoms with Crippen LogP contribution in [0.3, 0.4) is 0 Å². The number of ether oxygens (including phenoxy) is 1. The molecule has 0 spiro atoms. The maximum absolute atomic E-state index is 13.6. The van der Waals surface area contributed by atoms with Crippen LogP contribution in [0.2, 0.25) is 0 Å². The Bertz CT molecular complexity index is 1930. The summed E-state index contributed by atoms with van der Waals surface area (Å²) in [5.41, 5.74) is 0. The van der Waals surface area contributed by atoms with Gasteiger partial charge in [0.25, 0.3) is 7.82 Å². The zero-order valence-electron chi connectivity index (χ0n) is 53.8. The maximum atomic E-state index is 13.6. The molecule has 0 aliphatic rings. The predicted molar refractivity (Wildman–Crippen MR) is 357 cm³/mol. The lowest BCUT2D eigenvalue weighted by Crippen LogP contribution is -2.47. The third-order valence-electron chi connectivity index (χ3n) is 13.8. The van der Waals surface area contributed by atoms with Gasteiger partial charge in [-0.3, -0.25) is 14.2 Å². The van der Waals surface area contributed by atoms with Crippen LogP contribution >= 0.6 is 7.82 Å². The van der Waals surface area contributed by atoms with Gasteiger partial charge in [-0.05, 0) is 128 Å². The number of likely N-dealkylation sites (N-methyl/N-ethyl adjacent to an activating group) is 1. The number of hydrogen-bond acceptors (Lipinski definition) is 7. The molecule has 3 atom stereocenters. The Morgan fingerprint density at radius 1 is 0.434 bits per heavy atom. The first-order valence-electron chi connectivity index (χ1n) is 33.1. The number of rotatable bonds is 58. The average molecular weight is 1170 g/mol. The Labute approximate surface area is 510 Å². The highest BCUT2D eigenvalue weighted by Gasteiger charge is 2.27. The average Bonchev–Trinajstić information content (AvgIpc) is 3.51. The minimum Gasteiger partial charge on any atom is -0.756 e. The number of hydrogen-bond donors (Lipinski definition) is 1. The summed E-state index contributed by atoms with van der Waals surface area (Å²) in [6.45, 7) is 6.57. The summed E-state index contributed by atoms with van der Waals surface area (Å²) in [5.74, 6) is -0.591. The van der Waals surface area contributed by atoms with Crippen LogP contribution in [0, 0.1) is 0 Å². The molecule has 83 heavy (non-hydrogen) atoms. The Morgan fingerprint density at radius 2 is 0.771 bits per heavy atom. The molecule has 0 saturated carbocycles. The van der Waals surface area contributed by atoms with Gasteiger partial charge in [-0.2, -0.15) is 0 Å². The SMILES string of the molecule is CC/C=C\C/C=C\C/C=C\C/C=C\C/C=C\C/C=C\CCCCCCCCC(=O)NC(COP(=O)([O-])OCC[N+](C)(C)C)C(/C=C\CCCCCCCCCCC)OC(=O)CCCCCCC/C=C\C/C=C\C/C=C\C/C=C\C/C=C\CC. The lowest BCUT2D eigenvalue weighted by atomic mass is 10.1. The summed E-state index contributed by atoms with van der Waals surface area (Å²) in [7, 11) is 1.14. The number of carbonyl (C=O) groups is 2. The van der Waals surface area contributed by atoms with Gasteiger partial charge in [0, 0.05) is 12.8 Å². The van der Waals surface area contributed by atoms with E-state index in [0.29, 0.717) is 23.9 Å². The third-order valence-corrected chi connectivity index (χ3v) is 14.7. The number of quaternary nitrogens is 1. The summed E-state index contributed by atoms with van der Waals surface area (Å²) in [6.07, 6.45) is 88.2. The molecule has 10 heteroatoms. The summed E-state index contributed by atoms with van der Waals surface area (Å²) < 4.78 is 30.3. The first kappa shape index (κ1) is 78.9. The van der Waals surface area contributed by atoms with E-state index in [0.717, 1.165) is 161 Å². The number of allylic oxidation sites excluding steroid dienone is 23. The van der Waals surface area contributed by atoms with Crippen molar-refractivity contribution in [2.24, 2.45) is 0 Å². The molecule has 0 aromatic carbocycles. The molecule has 0 heterocycles. The highest BCUT2D eigenvalue weighted by Crippen LogP contribution is 2.38. The molecular formula is C73H123N2O7P. The molecule has 1 N–H and O–H groups in total. The lowest BCUT2D eigenvalue weighted by molar-refractivity contribution is -0.870. The van der Waals surface area contributed by atoms with Crippen LogP contribution in [0.15, 0.2) is 146 Å². The van der Waals surface area contributed by atoms with Crippen molar-refractivity contribution in [3.8, 4) is 0 Å². The molecule has 0 rings (SSSR count). The fourth-order valence-electron chi connectivity index (χ4n) is 8.73. The first-order valence-corrected chi connectivity index (χ1v) is 34.6. The summed E-state index contributed by atoms with van der Waals surface area (Å²) >= 11 is 0. The van der Waals surface area contributed by atoms with Gasteiger partial charge in [-0.15, -0.1) is 0 Å². The largest absolute Gasteiger partial charge is 0.756 e. The summed E-state index contributed by atoms with van der Waals surface area (Å²) in [4.78, 5) is 40.1. The number of carbonyl (C=O) groups excluding carboxylic acids is 2. The van der Waals surface area contributed by atoms with Crippen molar-refractivity contribution in [1.82, 2.24) is 5.32 Å². The van der Waals surface area contributed by atoms with Crippen LogP contribution in [0.25, 0.3) is 0 Å². The van der Waals surface area contributed by atoms with E-state index in [-0.39, 0.29) is 31.3 Å². The smallest absolute Gasteiger partial charge is 0.306 e. The molecule has 472 valence electrons. The molecule has 0 bridgehead atoms. The highest BCUT2D eigenvalue weighted by atomic mass is 31.2. The van der Waals surface area contributed by atoms with Gasteiger partial charge in [-0.25, -0.2) is 0 Å². The van der Waals surface area contributed by atoms with Crippen LogP contribution in [-0.2, 0) is 27.9 Å².